The lowest BCUT2D eigenvalue weighted by Gasteiger charge is -2.32. The summed E-state index contributed by atoms with van der Waals surface area (Å²) in [5.74, 6) is -3.51. The summed E-state index contributed by atoms with van der Waals surface area (Å²) in [4.78, 5) is 68.0. The van der Waals surface area contributed by atoms with E-state index in [1.54, 1.807) is 26.0 Å². The topological polar surface area (TPSA) is 190 Å². The Hall–Kier alpha value is -4.91. The molecule has 13 nitrogen and oxygen atoms in total. The lowest BCUT2D eigenvalue weighted by Crippen LogP contribution is -2.56. The molecular weight excluding hydrogens is 626 g/mol. The molecule has 2 aliphatic rings. The molecule has 2 heterocycles. The van der Waals surface area contributed by atoms with Crippen molar-refractivity contribution in [2.24, 2.45) is 11.7 Å². The minimum Gasteiger partial charge on any atom is -0.384 e. The fourth-order valence-electron chi connectivity index (χ4n) is 7.02. The molecule has 1 aliphatic heterocycles. The van der Waals surface area contributed by atoms with Crippen LogP contribution in [0.25, 0.3) is 10.8 Å². The van der Waals surface area contributed by atoms with Crippen LogP contribution in [-0.4, -0.2) is 79.1 Å². The molecule has 1 aromatic heterocycles. The van der Waals surface area contributed by atoms with Crippen LogP contribution in [0.5, 0.6) is 0 Å². The summed E-state index contributed by atoms with van der Waals surface area (Å²) < 4.78 is 1.51. The van der Waals surface area contributed by atoms with E-state index >= 15 is 0 Å². The maximum absolute atomic E-state index is 14.6. The third kappa shape index (κ3) is 8.22. The number of primary amides is 1. The number of hydrogen-bond acceptors (Lipinski definition) is 8. The molecule has 5 rings (SSSR count). The molecule has 5 N–H and O–H groups in total. The molecule has 0 bridgehead atoms. The number of carbonyl (C=O) groups excluding carboxylic acids is 5. The number of nitrogens with zero attached hydrogens (tertiary/aromatic N) is 4. The van der Waals surface area contributed by atoms with Crippen LogP contribution in [0.4, 0.5) is 0 Å². The van der Waals surface area contributed by atoms with Crippen molar-refractivity contribution in [3.63, 3.8) is 0 Å². The number of hydrogen-bond donors (Lipinski definition) is 4. The fourth-order valence-corrected chi connectivity index (χ4v) is 7.02. The first-order chi connectivity index (χ1) is 23.4. The molecule has 1 saturated heterocycles. The normalized spacial score (nSPS) is 19.6. The van der Waals surface area contributed by atoms with Crippen LogP contribution in [0.3, 0.4) is 0 Å². The number of fused-ring (bicyclic) bond motifs is 1. The Balaban J connectivity index is 1.47. The number of ketones is 1. The Labute approximate surface area is 285 Å². The van der Waals surface area contributed by atoms with Crippen molar-refractivity contribution < 1.29 is 29.1 Å². The predicted octanol–water partition coefficient (Wildman–Crippen LogP) is 2.68. The van der Waals surface area contributed by atoms with E-state index in [2.05, 4.69) is 27.5 Å². The van der Waals surface area contributed by atoms with Gasteiger partial charge in [-0.15, -0.1) is 11.7 Å². The van der Waals surface area contributed by atoms with Gasteiger partial charge in [-0.05, 0) is 55.5 Å². The Morgan fingerprint density at radius 3 is 2.43 bits per heavy atom. The highest BCUT2D eigenvalue weighted by atomic mass is 16.3. The van der Waals surface area contributed by atoms with Crippen molar-refractivity contribution >= 4 is 40.2 Å². The highest BCUT2D eigenvalue weighted by Crippen LogP contribution is 2.33. The van der Waals surface area contributed by atoms with Gasteiger partial charge >= 0.3 is 0 Å². The average Bonchev–Trinajstić information content (AvgIpc) is 3.76. The third-order valence-corrected chi connectivity index (χ3v) is 9.60. The molecule has 1 aliphatic carbocycles. The van der Waals surface area contributed by atoms with Crippen LogP contribution in [-0.2, 0) is 24.8 Å². The predicted molar refractivity (Wildman–Crippen MR) is 182 cm³/mol. The Morgan fingerprint density at radius 1 is 1.04 bits per heavy atom. The summed E-state index contributed by atoms with van der Waals surface area (Å²) >= 11 is 0. The standard InChI is InChI=1S/C36H45N7O6/c1-4-10-27(31(44)32(37)45)39-34(47)29-19-26(43-30(20-38-41-43)36(2,3)49)21-42(29)35(48)28(17-22-11-6-5-7-12-22)40-33(46)25-16-15-23-13-8-9-14-24(23)18-25/h4,8-9,13-16,18,20,22,26-29,49H,1,5-7,10-12,17,19,21H2,2-3H3,(H2,37,45)(H,39,47)(H,40,46)/t26-,27?,28+,29-/m0/s1. The zero-order valence-electron chi connectivity index (χ0n) is 28.0. The molecule has 0 spiro atoms. The van der Waals surface area contributed by atoms with E-state index in [-0.39, 0.29) is 25.3 Å². The minimum absolute atomic E-state index is 0.0201. The van der Waals surface area contributed by atoms with Crippen molar-refractivity contribution in [3.8, 4) is 0 Å². The maximum Gasteiger partial charge on any atom is 0.287 e. The maximum atomic E-state index is 14.6. The largest absolute Gasteiger partial charge is 0.384 e. The number of amides is 4. The zero-order chi connectivity index (χ0) is 35.3. The van der Waals surface area contributed by atoms with Gasteiger partial charge in [0.1, 0.15) is 23.7 Å². The van der Waals surface area contributed by atoms with Crippen molar-refractivity contribution in [2.75, 3.05) is 6.54 Å². The second-order valence-electron chi connectivity index (χ2n) is 13.7. The molecule has 2 fully saturated rings. The van der Waals surface area contributed by atoms with Gasteiger partial charge in [-0.25, -0.2) is 4.68 Å². The quantitative estimate of drug-likeness (QED) is 0.158. The Kier molecular flexibility index (Phi) is 10.9. The summed E-state index contributed by atoms with van der Waals surface area (Å²) in [6.45, 7) is 6.80. The number of aromatic nitrogens is 3. The number of benzene rings is 2. The molecule has 260 valence electrons. The lowest BCUT2D eigenvalue weighted by atomic mass is 9.84. The van der Waals surface area contributed by atoms with Crippen LogP contribution in [0.1, 0.15) is 87.3 Å². The molecule has 13 heteroatoms. The Morgan fingerprint density at radius 2 is 1.76 bits per heavy atom. The fraction of sp³-hybridized carbons (Fsp3) is 0.472. The number of rotatable bonds is 13. The van der Waals surface area contributed by atoms with Gasteiger partial charge in [0.25, 0.3) is 11.8 Å². The van der Waals surface area contributed by atoms with E-state index in [9.17, 15) is 29.1 Å². The van der Waals surface area contributed by atoms with E-state index < -0.39 is 59.2 Å². The molecule has 49 heavy (non-hydrogen) atoms. The first-order valence-corrected chi connectivity index (χ1v) is 16.9. The summed E-state index contributed by atoms with van der Waals surface area (Å²) in [5, 5.41) is 26.4. The molecular formula is C36H45N7O6. The molecule has 3 aromatic rings. The molecule has 4 amide bonds. The first-order valence-electron chi connectivity index (χ1n) is 16.9. The van der Waals surface area contributed by atoms with Gasteiger partial charge in [-0.3, -0.25) is 24.0 Å². The van der Waals surface area contributed by atoms with Gasteiger partial charge in [-0.2, -0.15) is 0 Å². The molecule has 2 aromatic carbocycles. The van der Waals surface area contributed by atoms with Crippen LogP contribution in [0, 0.1) is 5.92 Å². The lowest BCUT2D eigenvalue weighted by molar-refractivity contribution is -0.142. The van der Waals surface area contributed by atoms with E-state index in [0.717, 1.165) is 42.9 Å². The average molecular weight is 672 g/mol. The highest BCUT2D eigenvalue weighted by molar-refractivity contribution is 6.37. The molecule has 1 saturated carbocycles. The SMILES string of the molecule is C=CCC(NC(=O)[C@@H]1C[C@H](n2nncc2C(C)(C)O)CN1C(=O)[C@@H](CC1CCCCC1)NC(=O)c1ccc2ccccc2c1)C(=O)C(N)=O. The molecule has 4 atom stereocenters. The van der Waals surface area contributed by atoms with Crippen molar-refractivity contribution in [3.05, 3.63) is 72.6 Å². The van der Waals surface area contributed by atoms with E-state index in [4.69, 9.17) is 5.73 Å². The number of nitrogens with two attached hydrogens (primary N) is 1. The Bertz CT molecular complexity index is 1720. The second-order valence-corrected chi connectivity index (χ2v) is 13.7. The van der Waals surface area contributed by atoms with E-state index in [1.165, 1.54) is 21.9 Å². The molecule has 1 unspecified atom stereocenters. The monoisotopic (exact) mass is 671 g/mol. The summed E-state index contributed by atoms with van der Waals surface area (Å²) in [6, 6.07) is 9.17. The van der Waals surface area contributed by atoms with Crippen molar-refractivity contribution in [2.45, 2.75) is 95.0 Å². The molecule has 0 radical (unpaired) electrons. The van der Waals surface area contributed by atoms with Crippen molar-refractivity contribution in [1.29, 1.82) is 0 Å². The van der Waals surface area contributed by atoms with Crippen molar-refractivity contribution in [1.82, 2.24) is 30.5 Å². The summed E-state index contributed by atoms with van der Waals surface area (Å²) in [5.41, 5.74) is 4.72. The number of Topliss-reactive ketones (excluding diaryl/α,β-unsaturated/α-hetero) is 1. The third-order valence-electron chi connectivity index (χ3n) is 9.60. The minimum atomic E-state index is -1.32. The van der Waals surface area contributed by atoms with Gasteiger partial charge in [0.15, 0.2) is 0 Å². The van der Waals surface area contributed by atoms with Gasteiger partial charge in [-0.1, -0.05) is 73.7 Å². The van der Waals surface area contributed by atoms with Gasteiger partial charge in [0.05, 0.1) is 17.9 Å². The first kappa shape index (κ1) is 35.4. The number of aliphatic hydroxyl groups is 1. The van der Waals surface area contributed by atoms with E-state index in [1.807, 2.05) is 30.3 Å². The highest BCUT2D eigenvalue weighted by Gasteiger charge is 2.45. The van der Waals surface area contributed by atoms with Gasteiger partial charge in [0.2, 0.25) is 17.6 Å². The number of likely N-dealkylation sites (tertiary alicyclic amines) is 1. The zero-order valence-corrected chi connectivity index (χ0v) is 28.0. The van der Waals surface area contributed by atoms with E-state index in [0.29, 0.717) is 17.7 Å². The summed E-state index contributed by atoms with van der Waals surface area (Å²) in [7, 11) is 0. The number of carbonyl (C=O) groups is 5. The van der Waals surface area contributed by atoms with Crippen LogP contribution < -0.4 is 16.4 Å². The van der Waals surface area contributed by atoms with Crippen LogP contribution >= 0.6 is 0 Å². The number of nitrogens with one attached hydrogen (secondary N) is 2. The van der Waals surface area contributed by atoms with Gasteiger partial charge < -0.3 is 26.4 Å². The van der Waals surface area contributed by atoms with Crippen LogP contribution in [0.15, 0.2) is 61.3 Å². The second kappa shape index (κ2) is 15.1. The summed E-state index contributed by atoms with van der Waals surface area (Å²) in [6.07, 6.45) is 8.28. The smallest absolute Gasteiger partial charge is 0.287 e. The van der Waals surface area contributed by atoms with Crippen LogP contribution in [0.2, 0.25) is 0 Å². The van der Waals surface area contributed by atoms with Gasteiger partial charge in [0, 0.05) is 18.5 Å².